The molecule has 0 aliphatic heterocycles. The Balaban J connectivity index is 1.85. The maximum atomic E-state index is 11.6. The maximum absolute atomic E-state index is 11.6. The van der Waals surface area contributed by atoms with Gasteiger partial charge in [-0.3, -0.25) is 4.79 Å². The van der Waals surface area contributed by atoms with Gasteiger partial charge in [-0.25, -0.2) is 4.98 Å². The molecule has 2 rings (SSSR count). The van der Waals surface area contributed by atoms with Crippen molar-refractivity contribution in [2.45, 2.75) is 0 Å². The van der Waals surface area contributed by atoms with Crippen molar-refractivity contribution in [1.82, 2.24) is 15.2 Å². The van der Waals surface area contributed by atoms with Crippen LogP contribution in [0, 0.1) is 11.3 Å². The van der Waals surface area contributed by atoms with Crippen molar-refractivity contribution in [1.29, 1.82) is 5.26 Å². The van der Waals surface area contributed by atoms with E-state index in [4.69, 9.17) is 5.26 Å². The van der Waals surface area contributed by atoms with Crippen LogP contribution in [0.5, 0.6) is 0 Å². The largest absolute Gasteiger partial charge is 0.360 e. The summed E-state index contributed by atoms with van der Waals surface area (Å²) in [5, 5.41) is 21.4. The van der Waals surface area contributed by atoms with Crippen molar-refractivity contribution in [2.75, 3.05) is 17.2 Å². The van der Waals surface area contributed by atoms with Gasteiger partial charge in [0, 0.05) is 6.20 Å². The van der Waals surface area contributed by atoms with Gasteiger partial charge in [0.2, 0.25) is 5.91 Å². The molecule has 0 spiro atoms. The molecule has 7 heteroatoms. The standard InChI is InChI=1S/C12H10N6O/c13-7-9-4-5-11(18-17-9)15-8-12(19)16-10-3-1-2-6-14-10/h1-6H,8H2,(H,15,18)(H,14,16,19). The first-order valence-corrected chi connectivity index (χ1v) is 5.46. The lowest BCUT2D eigenvalue weighted by Crippen LogP contribution is -2.22. The monoisotopic (exact) mass is 254 g/mol. The Morgan fingerprint density at radius 2 is 2.11 bits per heavy atom. The topological polar surface area (TPSA) is 104 Å². The number of aromatic nitrogens is 3. The highest BCUT2D eigenvalue weighted by Crippen LogP contribution is 2.02. The van der Waals surface area contributed by atoms with E-state index in [9.17, 15) is 4.79 Å². The van der Waals surface area contributed by atoms with Crippen LogP contribution in [0.1, 0.15) is 5.69 Å². The SMILES string of the molecule is N#Cc1ccc(NCC(=O)Nc2ccccn2)nn1. The molecule has 94 valence electrons. The van der Waals surface area contributed by atoms with E-state index in [0.717, 1.165) is 0 Å². The van der Waals surface area contributed by atoms with Gasteiger partial charge in [0.1, 0.15) is 17.7 Å². The van der Waals surface area contributed by atoms with Crippen molar-refractivity contribution in [3.63, 3.8) is 0 Å². The summed E-state index contributed by atoms with van der Waals surface area (Å²) >= 11 is 0. The molecule has 2 aromatic heterocycles. The van der Waals surface area contributed by atoms with Crippen LogP contribution < -0.4 is 10.6 Å². The third kappa shape index (κ3) is 3.74. The van der Waals surface area contributed by atoms with Gasteiger partial charge in [0.15, 0.2) is 5.69 Å². The lowest BCUT2D eigenvalue weighted by atomic mass is 10.4. The van der Waals surface area contributed by atoms with Gasteiger partial charge in [-0.05, 0) is 24.3 Å². The van der Waals surface area contributed by atoms with Gasteiger partial charge in [0.05, 0.1) is 6.54 Å². The number of hydrogen-bond donors (Lipinski definition) is 2. The van der Waals surface area contributed by atoms with Gasteiger partial charge in [-0.1, -0.05) is 6.07 Å². The number of carbonyl (C=O) groups excluding carboxylic acids is 1. The number of carbonyl (C=O) groups is 1. The van der Waals surface area contributed by atoms with Crippen LogP contribution in [0.4, 0.5) is 11.6 Å². The molecule has 0 fully saturated rings. The molecule has 0 aromatic carbocycles. The molecule has 0 aliphatic carbocycles. The fourth-order valence-corrected chi connectivity index (χ4v) is 1.28. The number of nitrogens with zero attached hydrogens (tertiary/aromatic N) is 4. The molecule has 0 aliphatic rings. The van der Waals surface area contributed by atoms with Crippen LogP contribution in [-0.4, -0.2) is 27.6 Å². The van der Waals surface area contributed by atoms with Gasteiger partial charge in [-0.2, -0.15) is 5.26 Å². The lowest BCUT2D eigenvalue weighted by molar-refractivity contribution is -0.114. The molecule has 0 radical (unpaired) electrons. The second-order valence-corrected chi connectivity index (χ2v) is 3.53. The number of hydrogen-bond acceptors (Lipinski definition) is 6. The van der Waals surface area contributed by atoms with Crippen molar-refractivity contribution < 1.29 is 4.79 Å². The summed E-state index contributed by atoms with van der Waals surface area (Å²) in [5.74, 6) is 0.667. The Kier molecular flexibility index (Phi) is 3.97. The minimum Gasteiger partial charge on any atom is -0.360 e. The zero-order valence-corrected chi connectivity index (χ0v) is 9.87. The second kappa shape index (κ2) is 6.07. The van der Waals surface area contributed by atoms with E-state index >= 15 is 0 Å². The average molecular weight is 254 g/mol. The average Bonchev–Trinajstić information content (AvgIpc) is 2.47. The molecule has 2 heterocycles. The summed E-state index contributed by atoms with van der Waals surface area (Å²) in [6.07, 6.45) is 1.59. The van der Waals surface area contributed by atoms with Crippen LogP contribution in [0.3, 0.4) is 0 Å². The van der Waals surface area contributed by atoms with E-state index in [1.807, 2.05) is 6.07 Å². The van der Waals surface area contributed by atoms with E-state index in [1.54, 1.807) is 30.5 Å². The quantitative estimate of drug-likeness (QED) is 0.836. The Morgan fingerprint density at radius 1 is 1.21 bits per heavy atom. The number of nitrogens with one attached hydrogen (secondary N) is 2. The zero-order chi connectivity index (χ0) is 13.5. The fourth-order valence-electron chi connectivity index (χ4n) is 1.28. The molecule has 1 amide bonds. The highest BCUT2D eigenvalue weighted by atomic mass is 16.2. The highest BCUT2D eigenvalue weighted by Gasteiger charge is 2.03. The van der Waals surface area contributed by atoms with E-state index in [0.29, 0.717) is 11.6 Å². The van der Waals surface area contributed by atoms with Crippen LogP contribution in [0.2, 0.25) is 0 Å². The molecule has 19 heavy (non-hydrogen) atoms. The first-order chi connectivity index (χ1) is 9.28. The Bertz CT molecular complexity index is 590. The molecular weight excluding hydrogens is 244 g/mol. The maximum Gasteiger partial charge on any atom is 0.244 e. The summed E-state index contributed by atoms with van der Waals surface area (Å²) in [4.78, 5) is 15.6. The van der Waals surface area contributed by atoms with Crippen molar-refractivity contribution in [3.05, 3.63) is 42.2 Å². The molecule has 2 aromatic rings. The number of rotatable bonds is 4. The van der Waals surface area contributed by atoms with Crippen LogP contribution >= 0.6 is 0 Å². The zero-order valence-electron chi connectivity index (χ0n) is 9.87. The van der Waals surface area contributed by atoms with E-state index in [1.165, 1.54) is 6.07 Å². The van der Waals surface area contributed by atoms with Crippen molar-refractivity contribution in [2.24, 2.45) is 0 Å². The molecular formula is C12H10N6O. The Labute approximate surface area is 109 Å². The predicted molar refractivity (Wildman–Crippen MR) is 68.1 cm³/mol. The van der Waals surface area contributed by atoms with E-state index in [-0.39, 0.29) is 18.1 Å². The molecule has 0 saturated carbocycles. The minimum atomic E-state index is -0.246. The van der Waals surface area contributed by atoms with Crippen LogP contribution in [0.15, 0.2) is 36.5 Å². The number of anilines is 2. The van der Waals surface area contributed by atoms with Crippen LogP contribution in [-0.2, 0) is 4.79 Å². The number of pyridine rings is 1. The molecule has 0 bridgehead atoms. The third-order valence-electron chi connectivity index (χ3n) is 2.14. The summed E-state index contributed by atoms with van der Waals surface area (Å²) in [5.41, 5.74) is 0.225. The first kappa shape index (κ1) is 12.4. The number of nitriles is 1. The summed E-state index contributed by atoms with van der Waals surface area (Å²) in [6.45, 7) is 0.0388. The fraction of sp³-hybridized carbons (Fsp3) is 0.0833. The van der Waals surface area contributed by atoms with Crippen LogP contribution in [0.25, 0.3) is 0 Å². The summed E-state index contributed by atoms with van der Waals surface area (Å²) in [7, 11) is 0. The lowest BCUT2D eigenvalue weighted by Gasteiger charge is -2.05. The highest BCUT2D eigenvalue weighted by molar-refractivity contribution is 5.92. The molecule has 2 N–H and O–H groups in total. The third-order valence-corrected chi connectivity index (χ3v) is 2.14. The smallest absolute Gasteiger partial charge is 0.244 e. The first-order valence-electron chi connectivity index (χ1n) is 5.46. The van der Waals surface area contributed by atoms with Gasteiger partial charge < -0.3 is 10.6 Å². The minimum absolute atomic E-state index is 0.0388. The van der Waals surface area contributed by atoms with Crippen molar-refractivity contribution in [3.8, 4) is 6.07 Å². The Morgan fingerprint density at radius 3 is 2.74 bits per heavy atom. The van der Waals surface area contributed by atoms with Crippen molar-refractivity contribution >= 4 is 17.5 Å². The number of amides is 1. The molecule has 7 nitrogen and oxygen atoms in total. The van der Waals surface area contributed by atoms with E-state index < -0.39 is 0 Å². The predicted octanol–water partition coefficient (Wildman–Crippen LogP) is 0.794. The van der Waals surface area contributed by atoms with Gasteiger partial charge in [0.25, 0.3) is 0 Å². The molecule has 0 atom stereocenters. The van der Waals surface area contributed by atoms with Gasteiger partial charge >= 0.3 is 0 Å². The summed E-state index contributed by atoms with van der Waals surface area (Å²) in [6, 6.07) is 10.2. The Hall–Kier alpha value is -3.01. The molecule has 0 unspecified atom stereocenters. The van der Waals surface area contributed by atoms with E-state index in [2.05, 4.69) is 25.8 Å². The van der Waals surface area contributed by atoms with Gasteiger partial charge in [-0.15, -0.1) is 10.2 Å². The molecule has 0 saturated heterocycles. The normalized spacial score (nSPS) is 9.42. The second-order valence-electron chi connectivity index (χ2n) is 3.53. The summed E-state index contributed by atoms with van der Waals surface area (Å²) < 4.78 is 0.